The molecule has 28 heavy (non-hydrogen) atoms. The highest BCUT2D eigenvalue weighted by Crippen LogP contribution is 2.43. The van der Waals surface area contributed by atoms with Gasteiger partial charge in [-0.3, -0.25) is 4.79 Å². The van der Waals surface area contributed by atoms with Gasteiger partial charge in [0.1, 0.15) is 0 Å². The highest BCUT2D eigenvalue weighted by molar-refractivity contribution is 7.86. The third-order valence-electron chi connectivity index (χ3n) is 6.54. The lowest BCUT2D eigenvalue weighted by atomic mass is 9.80. The first-order valence-corrected chi connectivity index (χ1v) is 11.5. The normalized spacial score (nSPS) is 27.9. The summed E-state index contributed by atoms with van der Waals surface area (Å²) >= 11 is 0. The van der Waals surface area contributed by atoms with Gasteiger partial charge in [0, 0.05) is 38.1 Å². The molecule has 2 fully saturated rings. The molecule has 0 spiro atoms. The van der Waals surface area contributed by atoms with Crippen LogP contribution in [0.5, 0.6) is 0 Å². The fourth-order valence-electron chi connectivity index (χ4n) is 4.89. The van der Waals surface area contributed by atoms with Gasteiger partial charge in [0.15, 0.2) is 0 Å². The zero-order valence-corrected chi connectivity index (χ0v) is 17.4. The van der Waals surface area contributed by atoms with E-state index in [0.717, 1.165) is 12.8 Å². The Bertz CT molecular complexity index is 830. The van der Waals surface area contributed by atoms with E-state index in [9.17, 15) is 13.2 Å². The molecule has 2 saturated heterocycles. The lowest BCUT2D eigenvalue weighted by Gasteiger charge is -2.29. The van der Waals surface area contributed by atoms with E-state index < -0.39 is 15.6 Å². The Balaban J connectivity index is 1.49. The first-order valence-electron chi connectivity index (χ1n) is 10.1. The first-order chi connectivity index (χ1) is 13.4. The predicted octanol–water partition coefficient (Wildman–Crippen LogP) is 0.805. The van der Waals surface area contributed by atoms with Crippen molar-refractivity contribution in [3.8, 4) is 0 Å². The molecule has 1 aromatic carbocycles. The van der Waals surface area contributed by atoms with Crippen molar-refractivity contribution in [3.05, 3.63) is 35.4 Å². The van der Waals surface area contributed by atoms with Crippen molar-refractivity contribution in [2.24, 2.45) is 11.3 Å². The highest BCUT2D eigenvalue weighted by atomic mass is 32.2. The molecule has 7 nitrogen and oxygen atoms in total. The number of nitrogens with one attached hydrogen (secondary N) is 1. The van der Waals surface area contributed by atoms with E-state index in [-0.39, 0.29) is 31.0 Å². The summed E-state index contributed by atoms with van der Waals surface area (Å²) in [6.07, 6.45) is 1.65. The van der Waals surface area contributed by atoms with Crippen molar-refractivity contribution in [1.29, 1.82) is 0 Å². The molecule has 0 aromatic heterocycles. The minimum absolute atomic E-state index is 0.0639. The van der Waals surface area contributed by atoms with Gasteiger partial charge in [-0.25, -0.2) is 0 Å². The molecule has 8 heteroatoms. The number of hydrogen-bond acceptors (Lipinski definition) is 4. The molecule has 3 aliphatic rings. The van der Waals surface area contributed by atoms with Crippen LogP contribution in [0.2, 0.25) is 0 Å². The summed E-state index contributed by atoms with van der Waals surface area (Å²) in [7, 11) is -3.55. The fraction of sp³-hybridized carbons (Fsp3) is 0.650. The SMILES string of the molecule is CCN(CC)S(=O)(=O)N1C[C@@H]2COC[C@]2(C(=O)NC2Cc3ccccc3C2)C1. The zero-order valence-electron chi connectivity index (χ0n) is 16.6. The van der Waals surface area contributed by atoms with Crippen molar-refractivity contribution >= 4 is 16.1 Å². The van der Waals surface area contributed by atoms with Crippen molar-refractivity contribution in [2.45, 2.75) is 32.7 Å². The third kappa shape index (κ3) is 3.16. The summed E-state index contributed by atoms with van der Waals surface area (Å²) in [6, 6.07) is 8.32. The number of ether oxygens (including phenoxy) is 1. The molecule has 2 atom stereocenters. The molecule has 1 aliphatic carbocycles. The molecule has 0 bridgehead atoms. The van der Waals surface area contributed by atoms with Crippen LogP contribution in [0, 0.1) is 11.3 Å². The Labute approximate surface area is 167 Å². The van der Waals surface area contributed by atoms with Gasteiger partial charge in [-0.1, -0.05) is 38.1 Å². The van der Waals surface area contributed by atoms with Crippen LogP contribution in [0.15, 0.2) is 24.3 Å². The maximum atomic E-state index is 13.3. The van der Waals surface area contributed by atoms with Gasteiger partial charge in [-0.05, 0) is 24.0 Å². The van der Waals surface area contributed by atoms with E-state index in [0.29, 0.717) is 26.2 Å². The van der Waals surface area contributed by atoms with Gasteiger partial charge in [-0.15, -0.1) is 0 Å². The van der Waals surface area contributed by atoms with E-state index in [4.69, 9.17) is 4.74 Å². The molecule has 0 saturated carbocycles. The van der Waals surface area contributed by atoms with E-state index in [2.05, 4.69) is 17.4 Å². The lowest BCUT2D eigenvalue weighted by Crippen LogP contribution is -2.51. The standard InChI is InChI=1S/C20H29N3O4S/c1-3-22(4-2)28(25,26)23-11-17-12-27-14-20(17,13-23)19(24)21-18-9-15-7-5-6-8-16(15)10-18/h5-8,17-18H,3-4,9-14H2,1-2H3,(H,21,24)/t17-,20-/m1/s1. The maximum absolute atomic E-state index is 13.3. The molecule has 1 aromatic rings. The smallest absolute Gasteiger partial charge is 0.282 e. The van der Waals surface area contributed by atoms with Gasteiger partial charge >= 0.3 is 0 Å². The second-order valence-corrected chi connectivity index (χ2v) is 10.0. The minimum Gasteiger partial charge on any atom is -0.380 e. The molecule has 2 aliphatic heterocycles. The number of fused-ring (bicyclic) bond motifs is 2. The van der Waals surface area contributed by atoms with Gasteiger partial charge in [0.2, 0.25) is 5.91 Å². The Morgan fingerprint density at radius 3 is 2.50 bits per heavy atom. The van der Waals surface area contributed by atoms with Crippen molar-refractivity contribution in [1.82, 2.24) is 13.9 Å². The number of benzene rings is 1. The van der Waals surface area contributed by atoms with Crippen molar-refractivity contribution in [2.75, 3.05) is 39.4 Å². The minimum atomic E-state index is -3.55. The maximum Gasteiger partial charge on any atom is 0.282 e. The fourth-order valence-corrected chi connectivity index (χ4v) is 6.63. The second kappa shape index (κ2) is 7.40. The average molecular weight is 408 g/mol. The molecule has 2 heterocycles. The van der Waals surface area contributed by atoms with E-state index in [1.807, 2.05) is 26.0 Å². The van der Waals surface area contributed by atoms with Crippen molar-refractivity contribution in [3.63, 3.8) is 0 Å². The number of hydrogen-bond donors (Lipinski definition) is 1. The Hall–Kier alpha value is -1.48. The molecule has 1 N–H and O–H groups in total. The summed E-state index contributed by atoms with van der Waals surface area (Å²) in [5.41, 5.74) is 1.78. The van der Waals surface area contributed by atoms with E-state index in [1.54, 1.807) is 0 Å². The van der Waals surface area contributed by atoms with Gasteiger partial charge in [0.25, 0.3) is 10.2 Å². The van der Waals surface area contributed by atoms with Crippen LogP contribution in [0.1, 0.15) is 25.0 Å². The topological polar surface area (TPSA) is 79.0 Å². The lowest BCUT2D eigenvalue weighted by molar-refractivity contribution is -0.132. The molecular weight excluding hydrogens is 378 g/mol. The van der Waals surface area contributed by atoms with Crippen LogP contribution in [-0.4, -0.2) is 68.4 Å². The van der Waals surface area contributed by atoms with Crippen LogP contribution in [0.4, 0.5) is 0 Å². The second-order valence-electron chi connectivity index (χ2n) is 8.10. The van der Waals surface area contributed by atoms with Gasteiger partial charge in [0.05, 0.1) is 18.6 Å². The third-order valence-corrected chi connectivity index (χ3v) is 8.64. The summed E-state index contributed by atoms with van der Waals surface area (Å²) in [5, 5.41) is 3.21. The number of amides is 1. The zero-order chi connectivity index (χ0) is 19.9. The Morgan fingerprint density at radius 1 is 1.25 bits per heavy atom. The quantitative estimate of drug-likeness (QED) is 0.757. The summed E-state index contributed by atoms with van der Waals surface area (Å²) in [5.74, 6) is -0.160. The Morgan fingerprint density at radius 2 is 1.89 bits per heavy atom. The molecule has 1 amide bonds. The van der Waals surface area contributed by atoms with Crippen molar-refractivity contribution < 1.29 is 17.9 Å². The number of nitrogens with zero attached hydrogens (tertiary/aromatic N) is 2. The summed E-state index contributed by atoms with van der Waals surface area (Å²) < 4.78 is 34.5. The van der Waals surface area contributed by atoms with Crippen LogP contribution in [0.3, 0.4) is 0 Å². The van der Waals surface area contributed by atoms with Crippen LogP contribution in [-0.2, 0) is 32.6 Å². The highest BCUT2D eigenvalue weighted by Gasteiger charge is 2.58. The molecule has 4 rings (SSSR count). The van der Waals surface area contributed by atoms with E-state index in [1.165, 1.54) is 19.7 Å². The summed E-state index contributed by atoms with van der Waals surface area (Å²) in [4.78, 5) is 13.3. The number of rotatable bonds is 6. The molecule has 0 unspecified atom stereocenters. The molecule has 0 radical (unpaired) electrons. The van der Waals surface area contributed by atoms with Crippen LogP contribution >= 0.6 is 0 Å². The largest absolute Gasteiger partial charge is 0.380 e. The Kier molecular flexibility index (Phi) is 5.24. The molecular formula is C20H29N3O4S. The number of carbonyl (C=O) groups is 1. The summed E-state index contributed by atoms with van der Waals surface area (Å²) in [6.45, 7) is 5.78. The number of carbonyl (C=O) groups excluding carboxylic acids is 1. The van der Waals surface area contributed by atoms with Crippen LogP contribution in [0.25, 0.3) is 0 Å². The van der Waals surface area contributed by atoms with E-state index >= 15 is 0 Å². The first kappa shape index (κ1) is 19.8. The average Bonchev–Trinajstić information content (AvgIpc) is 3.34. The predicted molar refractivity (Wildman–Crippen MR) is 106 cm³/mol. The monoisotopic (exact) mass is 407 g/mol. The molecule has 154 valence electrons. The van der Waals surface area contributed by atoms with Gasteiger partial charge < -0.3 is 10.1 Å². The van der Waals surface area contributed by atoms with Crippen LogP contribution < -0.4 is 5.32 Å². The van der Waals surface area contributed by atoms with Gasteiger partial charge in [-0.2, -0.15) is 17.0 Å².